The number of nitrogens with zero attached hydrogens (tertiary/aromatic N) is 3. The van der Waals surface area contributed by atoms with Crippen LogP contribution in [0.25, 0.3) is 5.69 Å². The van der Waals surface area contributed by atoms with E-state index in [0.717, 1.165) is 8.51 Å². The third-order valence-electron chi connectivity index (χ3n) is 2.52. The van der Waals surface area contributed by atoms with Crippen LogP contribution < -0.4 is 4.84 Å². The minimum absolute atomic E-state index is 0.0165. The van der Waals surface area contributed by atoms with Crippen molar-refractivity contribution in [1.29, 1.82) is 0 Å². The first-order chi connectivity index (χ1) is 9.74. The van der Waals surface area contributed by atoms with E-state index in [-0.39, 0.29) is 20.3 Å². The molecule has 0 radical (unpaired) electrons. The van der Waals surface area contributed by atoms with E-state index in [1.165, 1.54) is 16.7 Å². The largest absolute Gasteiger partial charge is 0.494 e. The van der Waals surface area contributed by atoms with Gasteiger partial charge in [0.15, 0.2) is 17.5 Å². The zero-order valence-corrected chi connectivity index (χ0v) is 13.0. The quantitative estimate of drug-likeness (QED) is 0.689. The number of nitrogens with one attached hydrogen (secondary N) is 1. The van der Waals surface area contributed by atoms with Crippen LogP contribution >= 0.6 is 25.5 Å². The van der Waals surface area contributed by atoms with E-state index in [0.29, 0.717) is 19.9 Å². The number of H-pyrrole nitrogens is 1. The lowest BCUT2D eigenvalue weighted by atomic mass is 10.3. The molecule has 3 rings (SSSR count). The number of aromatic nitrogens is 4. The van der Waals surface area contributed by atoms with Crippen molar-refractivity contribution < 1.29 is 15.1 Å². The number of hydrogen-bond acceptors (Lipinski definition) is 4. The first kappa shape index (κ1) is 13.2. The van der Waals surface area contributed by atoms with Gasteiger partial charge >= 0.3 is 0 Å². The second-order valence-electron chi connectivity index (χ2n) is 3.79. The maximum absolute atomic E-state index is 9.66. The van der Waals surface area contributed by atoms with Crippen LogP contribution in [0.1, 0.15) is 0 Å². The fourth-order valence-electron chi connectivity index (χ4n) is 1.67. The van der Waals surface area contributed by atoms with Crippen molar-refractivity contribution in [2.75, 3.05) is 0 Å². The smallest absolute Gasteiger partial charge is 0.198 e. The van der Waals surface area contributed by atoms with E-state index in [1.807, 2.05) is 0 Å². The van der Waals surface area contributed by atoms with E-state index < -0.39 is 0 Å². The Morgan fingerprint density at radius 3 is 2.40 bits per heavy atom. The molecule has 7 nitrogen and oxygen atoms in total. The number of hydrogen-bond donors (Lipinski definition) is 3. The summed E-state index contributed by atoms with van der Waals surface area (Å²) in [7, 11) is 1.54. The molecule has 2 heterocycles. The van der Waals surface area contributed by atoms with Gasteiger partial charge in [0.25, 0.3) is 0 Å². The number of aromatic hydroxyl groups is 2. The van der Waals surface area contributed by atoms with E-state index in [1.54, 1.807) is 28.5 Å². The molecule has 2 atom stereocenters. The molecule has 0 amide bonds. The highest BCUT2D eigenvalue weighted by Gasteiger charge is 2.08. The second-order valence-corrected chi connectivity index (χ2v) is 7.37. The van der Waals surface area contributed by atoms with Crippen LogP contribution in [-0.4, -0.2) is 28.1 Å². The molecule has 2 unspecified atom stereocenters. The molecule has 104 valence electrons. The van der Waals surface area contributed by atoms with Gasteiger partial charge in [0.1, 0.15) is 8.51 Å². The molecule has 1 aromatic carbocycles. The Balaban J connectivity index is 1.85. The summed E-state index contributed by atoms with van der Waals surface area (Å²) in [4.78, 5) is 5.65. The lowest BCUT2D eigenvalue weighted by Gasteiger charge is -2.09. The first-order valence-corrected chi connectivity index (χ1v) is 8.27. The third kappa shape index (κ3) is 2.70. The predicted molar refractivity (Wildman–Crippen MR) is 80.8 cm³/mol. The van der Waals surface area contributed by atoms with Gasteiger partial charge in [-0.3, -0.25) is 9.08 Å². The molecule has 3 aromatic rings. The van der Waals surface area contributed by atoms with Gasteiger partial charge in [-0.25, -0.2) is 0 Å². The molecular weight excluding hydrogens is 317 g/mol. The molecule has 0 saturated carbocycles. The lowest BCUT2D eigenvalue weighted by Crippen LogP contribution is -1.98. The van der Waals surface area contributed by atoms with Crippen molar-refractivity contribution in [1.82, 2.24) is 17.8 Å². The molecule has 0 aliphatic heterocycles. The van der Waals surface area contributed by atoms with Crippen molar-refractivity contribution >= 4 is 25.5 Å². The Labute approximate surface area is 118 Å². The predicted octanol–water partition coefficient (Wildman–Crippen LogP) is 3.02. The summed E-state index contributed by atoms with van der Waals surface area (Å²) in [6.07, 6.45) is 0. The Bertz CT molecular complexity index is 701. The summed E-state index contributed by atoms with van der Waals surface area (Å²) < 4.78 is 10.3. The fourth-order valence-corrected chi connectivity index (χ4v) is 4.71. The third-order valence-corrected chi connectivity index (χ3v) is 5.28. The van der Waals surface area contributed by atoms with Crippen LogP contribution in [-0.2, 0) is 0 Å². The Kier molecular flexibility index (Phi) is 3.75. The molecular formula is C10H11N4O3P3. The Morgan fingerprint density at radius 1 is 1.10 bits per heavy atom. The highest BCUT2D eigenvalue weighted by atomic mass is 31.1. The van der Waals surface area contributed by atoms with Crippen LogP contribution in [0.4, 0.5) is 0 Å². The van der Waals surface area contributed by atoms with Gasteiger partial charge in [-0.05, 0) is 24.3 Å². The average Bonchev–Trinajstić information content (AvgIpc) is 2.81. The van der Waals surface area contributed by atoms with Crippen LogP contribution in [0.3, 0.4) is 0 Å². The number of rotatable bonds is 3. The van der Waals surface area contributed by atoms with Gasteiger partial charge < -0.3 is 15.1 Å². The summed E-state index contributed by atoms with van der Waals surface area (Å²) in [5, 5.41) is 19.3. The van der Waals surface area contributed by atoms with Gasteiger partial charge in [0.05, 0.1) is 22.7 Å². The van der Waals surface area contributed by atoms with Crippen molar-refractivity contribution in [3.63, 3.8) is 0 Å². The molecule has 0 spiro atoms. The molecule has 0 bridgehead atoms. The molecule has 0 aliphatic carbocycles. The van der Waals surface area contributed by atoms with Crippen LogP contribution in [0.2, 0.25) is 0 Å². The number of aromatic amines is 1. The second kappa shape index (κ2) is 5.68. The summed E-state index contributed by atoms with van der Waals surface area (Å²) >= 11 is 0. The summed E-state index contributed by atoms with van der Waals surface area (Å²) in [5.74, 6) is 0.643. The van der Waals surface area contributed by atoms with E-state index in [4.69, 9.17) is 4.84 Å². The minimum Gasteiger partial charge on any atom is -0.494 e. The van der Waals surface area contributed by atoms with E-state index in [9.17, 15) is 10.2 Å². The van der Waals surface area contributed by atoms with Crippen molar-refractivity contribution in [3.05, 3.63) is 36.4 Å². The van der Waals surface area contributed by atoms with E-state index in [2.05, 4.69) is 9.02 Å². The molecule has 0 aliphatic rings. The Hall–Kier alpha value is -1.80. The van der Waals surface area contributed by atoms with Crippen LogP contribution in [0, 0.1) is 0 Å². The normalized spacial score (nSPS) is 11.6. The zero-order valence-electron chi connectivity index (χ0n) is 10.1. The summed E-state index contributed by atoms with van der Waals surface area (Å²) in [6, 6.07) is 9.93. The monoisotopic (exact) mass is 328 g/mol. The van der Waals surface area contributed by atoms with Gasteiger partial charge in [-0.1, -0.05) is 0 Å². The first-order valence-electron chi connectivity index (χ1n) is 5.58. The molecule has 3 N–H and O–H groups in total. The lowest BCUT2D eigenvalue weighted by molar-refractivity contribution is 0.276. The minimum atomic E-state index is -0.0165. The van der Waals surface area contributed by atoms with Crippen molar-refractivity contribution in [2.24, 2.45) is 0 Å². The molecule has 10 heteroatoms. The van der Waals surface area contributed by atoms with Crippen molar-refractivity contribution in [2.45, 2.75) is 0 Å². The highest BCUT2D eigenvalue weighted by Crippen LogP contribution is 2.28. The van der Waals surface area contributed by atoms with Gasteiger partial charge in [-0.2, -0.15) is 4.51 Å². The Morgan fingerprint density at radius 2 is 1.80 bits per heavy atom. The van der Waals surface area contributed by atoms with Gasteiger partial charge in [-0.15, -0.1) is 4.26 Å². The summed E-state index contributed by atoms with van der Waals surface area (Å²) in [6.45, 7) is 0. The fraction of sp³-hybridized carbons (Fsp3) is 0. The number of benzene rings is 1. The molecule has 0 saturated heterocycles. The molecule has 0 fully saturated rings. The van der Waals surface area contributed by atoms with Gasteiger partial charge in [0, 0.05) is 12.1 Å². The molecule has 20 heavy (non-hydrogen) atoms. The maximum Gasteiger partial charge on any atom is 0.198 e. The highest BCUT2D eigenvalue weighted by molar-refractivity contribution is 7.44. The summed E-state index contributed by atoms with van der Waals surface area (Å²) in [5.41, 5.74) is 0.655. The van der Waals surface area contributed by atoms with Crippen molar-refractivity contribution in [3.8, 4) is 23.2 Å². The van der Waals surface area contributed by atoms with E-state index >= 15 is 0 Å². The van der Waals surface area contributed by atoms with Gasteiger partial charge in [0.2, 0.25) is 0 Å². The SMILES string of the molecule is Oc1ccc(O)n1-c1ccc(On2[pH]np[nH][pH]2)cc1. The average molecular weight is 328 g/mol. The topological polar surface area (TPSA) is 88.2 Å². The van der Waals surface area contributed by atoms with Crippen LogP contribution in [0.5, 0.6) is 17.5 Å². The maximum atomic E-state index is 9.66. The zero-order chi connectivity index (χ0) is 13.9. The standard InChI is InChI=1S/C10H11N4O3P3/c15-9-5-6-10(16)13(9)7-1-3-8(4-2-7)17-14-19-11-18-12-20-14/h1-6,15-16,19-20H,(H,11,12). The molecule has 2 aromatic heterocycles. The van der Waals surface area contributed by atoms with Crippen LogP contribution in [0.15, 0.2) is 36.4 Å².